The van der Waals surface area contributed by atoms with Gasteiger partial charge >= 0.3 is 18.2 Å². The number of benzene rings is 1. The number of carbonyl (C=O) groups excluding carboxylic acids is 3. The van der Waals surface area contributed by atoms with Crippen molar-refractivity contribution in [2.24, 2.45) is 0 Å². The Hall–Kier alpha value is -3.23. The van der Waals surface area contributed by atoms with Crippen LogP contribution in [0.2, 0.25) is 5.02 Å². The molecule has 3 N–H and O–H groups in total. The highest BCUT2D eigenvalue weighted by molar-refractivity contribution is 7.14. The first-order chi connectivity index (χ1) is 23.0. The van der Waals surface area contributed by atoms with Gasteiger partial charge in [0, 0.05) is 57.3 Å². The fraction of sp³-hybridized carbons (Fsp3) is 0.606. The molecule has 1 aromatic heterocycles. The molecule has 4 aliphatic rings. The summed E-state index contributed by atoms with van der Waals surface area (Å²) in [5.41, 5.74) is 0.110. The van der Waals surface area contributed by atoms with Gasteiger partial charge in [-0.1, -0.05) is 18.0 Å². The Bertz CT molecular complexity index is 1490. The maximum absolute atomic E-state index is 14.0. The van der Waals surface area contributed by atoms with Gasteiger partial charge in [0.05, 0.1) is 22.8 Å². The molecule has 0 spiro atoms. The van der Waals surface area contributed by atoms with Crippen LogP contribution in [0.5, 0.6) is 0 Å². The van der Waals surface area contributed by atoms with E-state index >= 15 is 0 Å². The van der Waals surface area contributed by atoms with Gasteiger partial charge in [0.25, 0.3) is 0 Å². The SMILES string of the molecule is CNc1c(Cl)cc(C[C@@H](NC(=O)N2CCC(N3Cc4ccsc4NC3=O)CC2)C(=O)N2CCC(N3CCCCC3)CC2)cc1C(F)(F)F. The van der Waals surface area contributed by atoms with E-state index in [9.17, 15) is 27.6 Å². The van der Waals surface area contributed by atoms with Crippen molar-refractivity contribution in [2.75, 3.05) is 56.9 Å². The maximum Gasteiger partial charge on any atom is 0.418 e. The molecule has 0 bridgehead atoms. The largest absolute Gasteiger partial charge is 0.418 e. The first-order valence-corrected chi connectivity index (χ1v) is 18.1. The minimum absolute atomic E-state index is 0.0469. The molecule has 0 aliphatic carbocycles. The Kier molecular flexibility index (Phi) is 10.6. The number of hydrogen-bond donors (Lipinski definition) is 3. The normalized spacial score (nSPS) is 20.7. The van der Waals surface area contributed by atoms with Crippen molar-refractivity contribution in [1.29, 1.82) is 0 Å². The summed E-state index contributed by atoms with van der Waals surface area (Å²) in [6.07, 6.45) is 1.56. The molecule has 3 saturated heterocycles. The third kappa shape index (κ3) is 7.65. The summed E-state index contributed by atoms with van der Waals surface area (Å²) < 4.78 is 42.0. The Morgan fingerprint density at radius 3 is 2.33 bits per heavy atom. The lowest BCUT2D eigenvalue weighted by molar-refractivity contribution is -0.137. The number of urea groups is 2. The molecule has 15 heteroatoms. The summed E-state index contributed by atoms with van der Waals surface area (Å²) in [5, 5.41) is 11.1. The van der Waals surface area contributed by atoms with Gasteiger partial charge in [0.15, 0.2) is 0 Å². The number of carbonyl (C=O) groups is 3. The van der Waals surface area contributed by atoms with Gasteiger partial charge in [-0.25, -0.2) is 9.59 Å². The third-order valence-corrected chi connectivity index (χ3v) is 11.4. The number of fused-ring (bicyclic) bond motifs is 1. The van der Waals surface area contributed by atoms with Crippen molar-refractivity contribution in [2.45, 2.75) is 82.2 Å². The fourth-order valence-electron chi connectivity index (χ4n) is 7.56. The molecule has 5 heterocycles. The second-order valence-corrected chi connectivity index (χ2v) is 14.5. The van der Waals surface area contributed by atoms with E-state index in [0.29, 0.717) is 51.6 Å². The molecular weight excluding hydrogens is 667 g/mol. The molecule has 48 heavy (non-hydrogen) atoms. The smallest absolute Gasteiger partial charge is 0.386 e. The van der Waals surface area contributed by atoms with Gasteiger partial charge in [0.2, 0.25) is 5.91 Å². The van der Waals surface area contributed by atoms with E-state index in [1.54, 1.807) is 14.7 Å². The number of rotatable bonds is 7. The quantitative estimate of drug-likeness (QED) is 0.324. The standard InChI is InChI=1S/C33H43ClF3N7O3S/c1-38-28-25(33(35,36)37)17-21(18-26(28)34)19-27(30(45)42-12-5-23(6-13-42)41-10-3-2-4-11-41)39-31(46)43-14-7-24(8-15-43)44-20-22-9-16-48-29(22)40-32(44)47/h9,16-18,23-24,27,38H,2-8,10-15,19-20H2,1H3,(H,39,46)(H,40,47)/t27-/m1/s1. The molecule has 262 valence electrons. The summed E-state index contributed by atoms with van der Waals surface area (Å²) >= 11 is 7.78. The van der Waals surface area contributed by atoms with Gasteiger partial charge in [-0.05, 0) is 80.8 Å². The Morgan fingerprint density at radius 1 is 1.00 bits per heavy atom. The zero-order valence-corrected chi connectivity index (χ0v) is 28.7. The molecule has 0 saturated carbocycles. The number of likely N-dealkylation sites (tertiary alicyclic amines) is 3. The predicted molar refractivity (Wildman–Crippen MR) is 181 cm³/mol. The molecule has 2 aromatic rings. The zero-order valence-electron chi connectivity index (χ0n) is 27.1. The van der Waals surface area contributed by atoms with E-state index in [1.165, 1.54) is 43.7 Å². The van der Waals surface area contributed by atoms with Crippen LogP contribution < -0.4 is 16.0 Å². The average Bonchev–Trinajstić information content (AvgIpc) is 3.54. The molecule has 1 atom stereocenters. The molecule has 1 aromatic carbocycles. The van der Waals surface area contributed by atoms with E-state index in [2.05, 4.69) is 20.9 Å². The van der Waals surface area contributed by atoms with Crippen molar-refractivity contribution < 1.29 is 27.6 Å². The Morgan fingerprint density at radius 2 is 1.67 bits per heavy atom. The highest BCUT2D eigenvalue weighted by Gasteiger charge is 2.38. The number of alkyl halides is 3. The first-order valence-electron chi connectivity index (χ1n) is 16.8. The zero-order chi connectivity index (χ0) is 34.0. The molecule has 0 radical (unpaired) electrons. The van der Waals surface area contributed by atoms with E-state index in [-0.39, 0.29) is 40.7 Å². The Balaban J connectivity index is 1.14. The lowest BCUT2D eigenvalue weighted by Gasteiger charge is -2.41. The van der Waals surface area contributed by atoms with Crippen LogP contribution in [0.15, 0.2) is 23.6 Å². The predicted octanol–water partition coefficient (Wildman–Crippen LogP) is 6.07. The fourth-order valence-corrected chi connectivity index (χ4v) is 8.69. The van der Waals surface area contributed by atoms with Crippen molar-refractivity contribution in [3.05, 3.63) is 45.3 Å². The number of thiophene rings is 1. The third-order valence-electron chi connectivity index (χ3n) is 10.2. The van der Waals surface area contributed by atoms with Crippen LogP contribution in [0.1, 0.15) is 61.6 Å². The van der Waals surface area contributed by atoms with E-state index in [4.69, 9.17) is 11.6 Å². The molecule has 10 nitrogen and oxygen atoms in total. The number of piperidine rings is 3. The van der Waals surface area contributed by atoms with Crippen molar-refractivity contribution in [3.63, 3.8) is 0 Å². The molecule has 3 fully saturated rings. The van der Waals surface area contributed by atoms with Crippen molar-refractivity contribution in [3.8, 4) is 0 Å². The van der Waals surface area contributed by atoms with Crippen LogP contribution in [0.25, 0.3) is 0 Å². The van der Waals surface area contributed by atoms with Gasteiger partial charge in [-0.2, -0.15) is 13.2 Å². The second kappa shape index (κ2) is 14.7. The Labute approximate surface area is 287 Å². The summed E-state index contributed by atoms with van der Waals surface area (Å²) in [7, 11) is 1.37. The van der Waals surface area contributed by atoms with E-state index in [0.717, 1.165) is 42.6 Å². The summed E-state index contributed by atoms with van der Waals surface area (Å²) in [6, 6.07) is 3.10. The molecule has 5 amide bonds. The number of halogens is 4. The highest BCUT2D eigenvalue weighted by Crippen LogP contribution is 2.40. The van der Waals surface area contributed by atoms with E-state index in [1.807, 2.05) is 11.4 Å². The molecule has 4 aliphatic heterocycles. The topological polar surface area (TPSA) is 100 Å². The molecule has 0 unspecified atom stereocenters. The number of anilines is 2. The summed E-state index contributed by atoms with van der Waals surface area (Å²) in [4.78, 5) is 48.1. The number of nitrogens with one attached hydrogen (secondary N) is 3. The van der Waals surface area contributed by atoms with Crippen LogP contribution >= 0.6 is 22.9 Å². The maximum atomic E-state index is 14.0. The van der Waals surface area contributed by atoms with Gasteiger partial charge in [-0.15, -0.1) is 11.3 Å². The van der Waals surface area contributed by atoms with Crippen molar-refractivity contribution in [1.82, 2.24) is 24.9 Å². The molecule has 6 rings (SSSR count). The lowest BCUT2D eigenvalue weighted by atomic mass is 9.97. The van der Waals surface area contributed by atoms with E-state index < -0.39 is 23.8 Å². The monoisotopic (exact) mass is 709 g/mol. The average molecular weight is 710 g/mol. The van der Waals surface area contributed by atoms with Gasteiger partial charge < -0.3 is 30.2 Å². The summed E-state index contributed by atoms with van der Waals surface area (Å²) in [6.45, 7) is 4.44. The minimum Gasteiger partial charge on any atom is -0.386 e. The lowest BCUT2D eigenvalue weighted by Crippen LogP contribution is -2.57. The van der Waals surface area contributed by atoms with Gasteiger partial charge in [0.1, 0.15) is 11.0 Å². The molecular formula is C33H43ClF3N7O3S. The number of nitrogens with zero attached hydrogens (tertiary/aromatic N) is 4. The van der Waals surface area contributed by atoms with Crippen LogP contribution in [0.3, 0.4) is 0 Å². The summed E-state index contributed by atoms with van der Waals surface area (Å²) in [5.74, 6) is -0.311. The highest BCUT2D eigenvalue weighted by atomic mass is 35.5. The minimum atomic E-state index is -4.67. The van der Waals surface area contributed by atoms with Crippen LogP contribution in [-0.2, 0) is 23.9 Å². The van der Waals surface area contributed by atoms with Crippen LogP contribution in [0.4, 0.5) is 33.4 Å². The van der Waals surface area contributed by atoms with Crippen LogP contribution in [-0.4, -0.2) is 102 Å². The van der Waals surface area contributed by atoms with Crippen molar-refractivity contribution >= 4 is 51.6 Å². The first kappa shape index (κ1) is 34.6. The second-order valence-electron chi connectivity index (χ2n) is 13.2. The van der Waals surface area contributed by atoms with Gasteiger partial charge in [-0.3, -0.25) is 10.1 Å². The van der Waals surface area contributed by atoms with Crippen LogP contribution in [0, 0.1) is 0 Å². The number of hydrogen-bond acceptors (Lipinski definition) is 6. The number of amides is 5.